The Morgan fingerprint density at radius 2 is 2.10 bits per heavy atom. The maximum Gasteiger partial charge on any atom is 0.0346 e. The van der Waals surface area contributed by atoms with Crippen LogP contribution in [0.3, 0.4) is 0 Å². The first-order valence-corrected chi connectivity index (χ1v) is 7.33. The predicted molar refractivity (Wildman–Crippen MR) is 88.1 cm³/mol. The molecule has 2 unspecified atom stereocenters. The quantitative estimate of drug-likeness (QED) is 0.677. The van der Waals surface area contributed by atoms with Crippen molar-refractivity contribution in [2.45, 2.75) is 18.9 Å². The molecule has 1 aliphatic rings. The number of nitrogen functional groups attached to an aromatic ring is 1. The maximum atomic E-state index is 6.13. The fourth-order valence-corrected chi connectivity index (χ4v) is 2.93. The molecule has 1 aromatic heterocycles. The van der Waals surface area contributed by atoms with E-state index in [9.17, 15) is 0 Å². The second-order valence-electron chi connectivity index (χ2n) is 5.76. The van der Waals surface area contributed by atoms with Gasteiger partial charge in [0.2, 0.25) is 0 Å². The van der Waals surface area contributed by atoms with E-state index in [1.165, 1.54) is 5.56 Å². The van der Waals surface area contributed by atoms with Gasteiger partial charge in [0.25, 0.3) is 0 Å². The molecule has 3 nitrogen and oxygen atoms in total. The molecule has 2 N–H and O–H groups in total. The molecule has 2 heterocycles. The van der Waals surface area contributed by atoms with E-state index in [1.807, 2.05) is 18.3 Å². The smallest absolute Gasteiger partial charge is 0.0346 e. The van der Waals surface area contributed by atoms with Crippen molar-refractivity contribution in [2.75, 3.05) is 19.3 Å². The lowest BCUT2D eigenvalue weighted by Crippen LogP contribution is -2.36. The van der Waals surface area contributed by atoms with E-state index in [2.05, 4.69) is 54.2 Å². The number of benzene rings is 1. The van der Waals surface area contributed by atoms with Crippen LogP contribution in [0.1, 0.15) is 18.4 Å². The van der Waals surface area contributed by atoms with Crippen molar-refractivity contribution >= 4 is 5.69 Å². The molecule has 0 amide bonds. The second kappa shape index (κ2) is 5.70. The Labute approximate surface area is 126 Å². The summed E-state index contributed by atoms with van der Waals surface area (Å²) in [4.78, 5) is 6.56. The van der Waals surface area contributed by atoms with Gasteiger partial charge in [-0.1, -0.05) is 24.3 Å². The van der Waals surface area contributed by atoms with Crippen molar-refractivity contribution in [2.24, 2.45) is 0 Å². The normalized spacial score (nSPS) is 22.4. The van der Waals surface area contributed by atoms with E-state index in [0.717, 1.165) is 23.4 Å². The van der Waals surface area contributed by atoms with Crippen molar-refractivity contribution in [3.05, 3.63) is 60.4 Å². The van der Waals surface area contributed by atoms with Gasteiger partial charge in [-0.15, -0.1) is 0 Å². The van der Waals surface area contributed by atoms with Crippen LogP contribution >= 0.6 is 0 Å². The minimum absolute atomic E-state index is 0.377. The molecule has 2 atom stereocenters. The van der Waals surface area contributed by atoms with Crippen LogP contribution < -0.4 is 5.73 Å². The van der Waals surface area contributed by atoms with Crippen LogP contribution in [-0.2, 0) is 0 Å². The van der Waals surface area contributed by atoms with Gasteiger partial charge in [0.1, 0.15) is 0 Å². The largest absolute Gasteiger partial charge is 0.399 e. The van der Waals surface area contributed by atoms with Crippen LogP contribution in [0.15, 0.2) is 54.9 Å². The summed E-state index contributed by atoms with van der Waals surface area (Å²) in [6, 6.07) is 10.8. The van der Waals surface area contributed by atoms with E-state index in [4.69, 9.17) is 5.73 Å². The molecule has 0 aliphatic carbocycles. The van der Waals surface area contributed by atoms with Crippen molar-refractivity contribution in [3.63, 3.8) is 0 Å². The van der Waals surface area contributed by atoms with Crippen molar-refractivity contribution < 1.29 is 0 Å². The second-order valence-corrected chi connectivity index (χ2v) is 5.76. The lowest BCUT2D eigenvalue weighted by Gasteiger charge is -2.33. The Kier molecular flexibility index (Phi) is 3.76. The molecule has 1 aliphatic heterocycles. The highest BCUT2D eigenvalue weighted by Gasteiger charge is 2.23. The van der Waals surface area contributed by atoms with E-state index >= 15 is 0 Å². The summed E-state index contributed by atoms with van der Waals surface area (Å²) in [6.45, 7) is 3.27. The Morgan fingerprint density at radius 3 is 2.86 bits per heavy atom. The van der Waals surface area contributed by atoms with Gasteiger partial charge >= 0.3 is 0 Å². The SMILES string of the molecule is CC1C(c2cc(N)cc(-c3cccnc3)c2)C=CCN1C. The third-order valence-electron chi connectivity index (χ3n) is 4.31. The van der Waals surface area contributed by atoms with Crippen LogP contribution in [0.5, 0.6) is 0 Å². The van der Waals surface area contributed by atoms with Crippen LogP contribution in [-0.4, -0.2) is 29.5 Å². The third kappa shape index (κ3) is 2.83. The van der Waals surface area contributed by atoms with Gasteiger partial charge in [-0.25, -0.2) is 0 Å². The summed E-state index contributed by atoms with van der Waals surface area (Å²) < 4.78 is 0. The summed E-state index contributed by atoms with van der Waals surface area (Å²) in [5.74, 6) is 0.377. The zero-order chi connectivity index (χ0) is 14.8. The molecular formula is C18H21N3. The lowest BCUT2D eigenvalue weighted by atomic mass is 9.87. The van der Waals surface area contributed by atoms with Gasteiger partial charge < -0.3 is 5.73 Å². The fourth-order valence-electron chi connectivity index (χ4n) is 2.93. The zero-order valence-corrected chi connectivity index (χ0v) is 12.5. The zero-order valence-electron chi connectivity index (χ0n) is 12.5. The van der Waals surface area contributed by atoms with Gasteiger partial charge in [0, 0.05) is 42.1 Å². The van der Waals surface area contributed by atoms with E-state index in [-0.39, 0.29) is 0 Å². The number of pyridine rings is 1. The average molecular weight is 279 g/mol. The summed E-state index contributed by atoms with van der Waals surface area (Å²) in [5.41, 5.74) is 10.4. The van der Waals surface area contributed by atoms with E-state index < -0.39 is 0 Å². The Bertz CT molecular complexity index is 649. The Hall–Kier alpha value is -2.13. The number of anilines is 1. The standard InChI is InChI=1S/C18H21N3/c1-13-18(6-4-8-21(13)2)16-9-15(10-17(19)11-16)14-5-3-7-20-12-14/h3-7,9-13,18H,8,19H2,1-2H3. The van der Waals surface area contributed by atoms with E-state index in [1.54, 1.807) is 6.20 Å². The molecule has 0 bridgehead atoms. The van der Waals surface area contributed by atoms with Crippen molar-refractivity contribution in [1.29, 1.82) is 0 Å². The number of nitrogens with zero attached hydrogens (tertiary/aromatic N) is 2. The summed E-state index contributed by atoms with van der Waals surface area (Å²) in [5, 5.41) is 0. The fraction of sp³-hybridized carbons (Fsp3) is 0.278. The highest BCUT2D eigenvalue weighted by atomic mass is 15.1. The third-order valence-corrected chi connectivity index (χ3v) is 4.31. The first-order valence-electron chi connectivity index (χ1n) is 7.33. The first kappa shape index (κ1) is 13.8. The molecule has 0 fully saturated rings. The molecule has 3 rings (SSSR count). The van der Waals surface area contributed by atoms with Gasteiger partial charge in [0.15, 0.2) is 0 Å². The molecule has 21 heavy (non-hydrogen) atoms. The number of nitrogens with two attached hydrogens (primary N) is 1. The summed E-state index contributed by atoms with van der Waals surface area (Å²) in [6.07, 6.45) is 8.20. The molecule has 0 spiro atoms. The molecule has 108 valence electrons. The summed E-state index contributed by atoms with van der Waals surface area (Å²) in [7, 11) is 2.16. The predicted octanol–water partition coefficient (Wildman–Crippen LogP) is 3.30. The van der Waals surface area contributed by atoms with Crippen LogP contribution in [0, 0.1) is 0 Å². The Morgan fingerprint density at radius 1 is 1.24 bits per heavy atom. The van der Waals surface area contributed by atoms with Crippen LogP contribution in [0.2, 0.25) is 0 Å². The molecule has 3 heteroatoms. The maximum absolute atomic E-state index is 6.13. The summed E-state index contributed by atoms with van der Waals surface area (Å²) >= 11 is 0. The monoisotopic (exact) mass is 279 g/mol. The first-order chi connectivity index (χ1) is 10.1. The van der Waals surface area contributed by atoms with Gasteiger partial charge in [-0.2, -0.15) is 0 Å². The van der Waals surface area contributed by atoms with Gasteiger partial charge in [0.05, 0.1) is 0 Å². The van der Waals surface area contributed by atoms with Gasteiger partial charge in [-0.3, -0.25) is 9.88 Å². The van der Waals surface area contributed by atoms with Crippen LogP contribution in [0.25, 0.3) is 11.1 Å². The molecule has 0 radical (unpaired) electrons. The van der Waals surface area contributed by atoms with Crippen molar-refractivity contribution in [3.8, 4) is 11.1 Å². The molecule has 0 saturated heterocycles. The molecule has 1 aromatic carbocycles. The Balaban J connectivity index is 2.02. The highest BCUT2D eigenvalue weighted by Crippen LogP contribution is 2.32. The van der Waals surface area contributed by atoms with Crippen molar-refractivity contribution in [1.82, 2.24) is 9.88 Å². The van der Waals surface area contributed by atoms with E-state index in [0.29, 0.717) is 12.0 Å². The number of rotatable bonds is 2. The minimum atomic E-state index is 0.377. The number of hydrogen-bond acceptors (Lipinski definition) is 3. The number of likely N-dealkylation sites (N-methyl/N-ethyl adjacent to an activating group) is 1. The highest BCUT2D eigenvalue weighted by molar-refractivity contribution is 5.68. The van der Waals surface area contributed by atoms with Gasteiger partial charge in [-0.05, 0) is 43.3 Å². The number of hydrogen-bond donors (Lipinski definition) is 1. The topological polar surface area (TPSA) is 42.1 Å². The number of aromatic nitrogens is 1. The molecule has 2 aromatic rings. The average Bonchev–Trinajstić information content (AvgIpc) is 2.50. The van der Waals surface area contributed by atoms with Crippen LogP contribution in [0.4, 0.5) is 5.69 Å². The lowest BCUT2D eigenvalue weighted by molar-refractivity contribution is 0.253. The molecule has 0 saturated carbocycles. The molecular weight excluding hydrogens is 258 g/mol. The minimum Gasteiger partial charge on any atom is -0.399 e.